The lowest BCUT2D eigenvalue weighted by Gasteiger charge is -2.18. The van der Waals surface area contributed by atoms with Crippen LogP contribution in [0.4, 0.5) is 0 Å². The van der Waals surface area contributed by atoms with Crippen molar-refractivity contribution in [2.45, 2.75) is 66.2 Å². The van der Waals surface area contributed by atoms with E-state index in [-0.39, 0.29) is 5.91 Å². The molecule has 0 radical (unpaired) electrons. The van der Waals surface area contributed by atoms with Crippen molar-refractivity contribution in [1.29, 1.82) is 0 Å². The number of nitrogens with one attached hydrogen (secondary N) is 1. The molecule has 0 rings (SSSR count). The molecule has 0 aromatic carbocycles. The summed E-state index contributed by atoms with van der Waals surface area (Å²) >= 11 is 0. The van der Waals surface area contributed by atoms with Crippen molar-refractivity contribution < 1.29 is 4.79 Å². The van der Waals surface area contributed by atoms with Crippen LogP contribution in [0.25, 0.3) is 0 Å². The van der Waals surface area contributed by atoms with Gasteiger partial charge in [0.25, 0.3) is 0 Å². The van der Waals surface area contributed by atoms with Gasteiger partial charge in [0.05, 0.1) is 6.54 Å². The van der Waals surface area contributed by atoms with Crippen LogP contribution in [0.1, 0.15) is 66.2 Å². The molecule has 3 heteroatoms. The van der Waals surface area contributed by atoms with E-state index < -0.39 is 0 Å². The summed E-state index contributed by atoms with van der Waals surface area (Å²) in [7, 11) is 2.01. The van der Waals surface area contributed by atoms with Gasteiger partial charge in [0.15, 0.2) is 0 Å². The van der Waals surface area contributed by atoms with Gasteiger partial charge in [-0.25, -0.2) is 0 Å². The van der Waals surface area contributed by atoms with Crippen molar-refractivity contribution in [3.05, 3.63) is 0 Å². The first-order valence-corrected chi connectivity index (χ1v) is 8.37. The van der Waals surface area contributed by atoms with Crippen LogP contribution in [0.3, 0.4) is 0 Å². The summed E-state index contributed by atoms with van der Waals surface area (Å²) in [6.07, 6.45) is 7.68. The molecular weight excluding hydrogens is 248 g/mol. The number of carbonyl (C=O) groups is 1. The maximum absolute atomic E-state index is 11.7. The molecule has 0 heterocycles. The average Bonchev–Trinajstić information content (AvgIpc) is 2.30. The van der Waals surface area contributed by atoms with E-state index in [0.29, 0.717) is 12.5 Å². The Morgan fingerprint density at radius 3 is 2.15 bits per heavy atom. The Morgan fingerprint density at radius 1 is 0.950 bits per heavy atom. The molecule has 120 valence electrons. The zero-order valence-corrected chi connectivity index (χ0v) is 14.4. The van der Waals surface area contributed by atoms with Gasteiger partial charge >= 0.3 is 0 Å². The Morgan fingerprint density at radius 2 is 1.55 bits per heavy atom. The molecule has 0 bridgehead atoms. The first-order chi connectivity index (χ1) is 9.41. The van der Waals surface area contributed by atoms with Crippen molar-refractivity contribution >= 4 is 5.91 Å². The second-order valence-corrected chi connectivity index (χ2v) is 6.89. The van der Waals surface area contributed by atoms with E-state index in [1.165, 1.54) is 32.1 Å². The number of hydrogen-bond donors (Lipinski definition) is 1. The number of nitrogens with zero attached hydrogens (tertiary/aromatic N) is 1. The van der Waals surface area contributed by atoms with E-state index in [4.69, 9.17) is 0 Å². The molecular formula is C17H36N2O. The van der Waals surface area contributed by atoms with E-state index in [0.717, 1.165) is 25.4 Å². The normalized spacial score (nSPS) is 11.6. The predicted octanol–water partition coefficient (Wildman–Crippen LogP) is 3.69. The monoisotopic (exact) mass is 284 g/mol. The zero-order valence-electron chi connectivity index (χ0n) is 14.4. The molecule has 0 saturated carbocycles. The fourth-order valence-corrected chi connectivity index (χ4v) is 2.42. The van der Waals surface area contributed by atoms with Crippen molar-refractivity contribution in [3.63, 3.8) is 0 Å². The number of likely N-dealkylation sites (N-methyl/N-ethyl adjacent to an activating group) is 1. The number of amides is 1. The summed E-state index contributed by atoms with van der Waals surface area (Å²) in [5.74, 6) is 1.60. The molecule has 3 nitrogen and oxygen atoms in total. The van der Waals surface area contributed by atoms with Gasteiger partial charge in [-0.3, -0.25) is 9.69 Å². The van der Waals surface area contributed by atoms with Gasteiger partial charge in [-0.15, -0.1) is 0 Å². The van der Waals surface area contributed by atoms with Crippen molar-refractivity contribution in [1.82, 2.24) is 10.2 Å². The SMILES string of the molecule is CC(C)CCCCCCCNC(=O)CN(C)CC(C)C. The number of hydrogen-bond acceptors (Lipinski definition) is 2. The molecule has 0 aromatic heterocycles. The summed E-state index contributed by atoms with van der Waals surface area (Å²) in [6.45, 7) is 11.2. The van der Waals surface area contributed by atoms with E-state index in [9.17, 15) is 4.79 Å². The molecule has 0 saturated heterocycles. The Kier molecular flexibility index (Phi) is 11.8. The Balaban J connectivity index is 3.35. The van der Waals surface area contributed by atoms with Crippen LogP contribution in [0.2, 0.25) is 0 Å². The second-order valence-electron chi connectivity index (χ2n) is 6.89. The molecule has 0 aliphatic heterocycles. The summed E-state index contributed by atoms with van der Waals surface area (Å²) < 4.78 is 0. The summed E-state index contributed by atoms with van der Waals surface area (Å²) in [5, 5.41) is 3.02. The van der Waals surface area contributed by atoms with Crippen LogP contribution in [0.5, 0.6) is 0 Å². The third-order valence-corrected chi connectivity index (χ3v) is 3.37. The lowest BCUT2D eigenvalue weighted by Crippen LogP contribution is -2.37. The third-order valence-electron chi connectivity index (χ3n) is 3.37. The molecule has 0 aliphatic rings. The summed E-state index contributed by atoms with van der Waals surface area (Å²) in [5.41, 5.74) is 0. The van der Waals surface area contributed by atoms with E-state index in [2.05, 4.69) is 37.9 Å². The van der Waals surface area contributed by atoms with Crippen LogP contribution in [0, 0.1) is 11.8 Å². The smallest absolute Gasteiger partial charge is 0.234 e. The van der Waals surface area contributed by atoms with Gasteiger partial charge in [0.1, 0.15) is 0 Å². The molecule has 0 unspecified atom stereocenters. The van der Waals surface area contributed by atoms with Crippen molar-refractivity contribution in [2.24, 2.45) is 11.8 Å². The Hall–Kier alpha value is -0.570. The Bertz CT molecular complexity index is 239. The minimum absolute atomic E-state index is 0.160. The summed E-state index contributed by atoms with van der Waals surface area (Å²) in [4.78, 5) is 13.8. The minimum Gasteiger partial charge on any atom is -0.355 e. The van der Waals surface area contributed by atoms with Gasteiger partial charge in [0.2, 0.25) is 5.91 Å². The zero-order chi connectivity index (χ0) is 15.4. The quantitative estimate of drug-likeness (QED) is 0.554. The lowest BCUT2D eigenvalue weighted by atomic mass is 10.0. The van der Waals surface area contributed by atoms with Crippen molar-refractivity contribution in [2.75, 3.05) is 26.7 Å². The van der Waals surface area contributed by atoms with E-state index >= 15 is 0 Å². The van der Waals surface area contributed by atoms with E-state index in [1.807, 2.05) is 7.05 Å². The van der Waals surface area contributed by atoms with Crippen LogP contribution < -0.4 is 5.32 Å². The second kappa shape index (κ2) is 12.2. The van der Waals surface area contributed by atoms with Crippen LogP contribution in [0.15, 0.2) is 0 Å². The number of rotatable bonds is 12. The van der Waals surface area contributed by atoms with Crippen LogP contribution in [-0.2, 0) is 4.79 Å². The molecule has 1 N–H and O–H groups in total. The first-order valence-electron chi connectivity index (χ1n) is 8.37. The molecule has 20 heavy (non-hydrogen) atoms. The van der Waals surface area contributed by atoms with Gasteiger partial charge in [-0.1, -0.05) is 59.8 Å². The molecule has 0 atom stereocenters. The first kappa shape index (κ1) is 19.4. The molecule has 0 spiro atoms. The van der Waals surface area contributed by atoms with Crippen molar-refractivity contribution in [3.8, 4) is 0 Å². The molecule has 0 fully saturated rings. The van der Waals surface area contributed by atoms with Crippen LogP contribution >= 0.6 is 0 Å². The average molecular weight is 284 g/mol. The minimum atomic E-state index is 0.160. The van der Waals surface area contributed by atoms with Gasteiger partial charge in [-0.2, -0.15) is 0 Å². The summed E-state index contributed by atoms with van der Waals surface area (Å²) in [6, 6.07) is 0. The van der Waals surface area contributed by atoms with Gasteiger partial charge in [0, 0.05) is 13.1 Å². The van der Waals surface area contributed by atoms with Gasteiger partial charge in [-0.05, 0) is 25.3 Å². The molecule has 0 aliphatic carbocycles. The highest BCUT2D eigenvalue weighted by Gasteiger charge is 2.07. The predicted molar refractivity (Wildman–Crippen MR) is 87.9 cm³/mol. The maximum atomic E-state index is 11.7. The topological polar surface area (TPSA) is 32.3 Å². The third kappa shape index (κ3) is 13.9. The van der Waals surface area contributed by atoms with Crippen LogP contribution in [-0.4, -0.2) is 37.5 Å². The molecule has 0 aromatic rings. The number of carbonyl (C=O) groups excluding carboxylic acids is 1. The number of unbranched alkanes of at least 4 members (excludes halogenated alkanes) is 4. The highest BCUT2D eigenvalue weighted by molar-refractivity contribution is 5.77. The lowest BCUT2D eigenvalue weighted by molar-refractivity contribution is -0.122. The standard InChI is InChI=1S/C17H36N2O/c1-15(2)11-9-7-6-8-10-12-18-17(20)14-19(5)13-16(3)4/h15-16H,6-14H2,1-5H3,(H,18,20). The highest BCUT2D eigenvalue weighted by Crippen LogP contribution is 2.10. The van der Waals surface area contributed by atoms with E-state index in [1.54, 1.807) is 0 Å². The fourth-order valence-electron chi connectivity index (χ4n) is 2.42. The Labute approximate surface area is 126 Å². The fraction of sp³-hybridized carbons (Fsp3) is 0.941. The largest absolute Gasteiger partial charge is 0.355 e. The highest BCUT2D eigenvalue weighted by atomic mass is 16.2. The maximum Gasteiger partial charge on any atom is 0.234 e. The molecule has 1 amide bonds. The van der Waals surface area contributed by atoms with Gasteiger partial charge < -0.3 is 5.32 Å².